The quantitative estimate of drug-likeness (QED) is 0.406. The average Bonchev–Trinajstić information content (AvgIpc) is 3.38. The van der Waals surface area contributed by atoms with Crippen molar-refractivity contribution in [3.8, 4) is 0 Å². The number of carbonyl (C=O) groups is 1. The van der Waals surface area contributed by atoms with Crippen LogP contribution in [-0.4, -0.2) is 27.0 Å². The summed E-state index contributed by atoms with van der Waals surface area (Å²) in [5.41, 5.74) is 0.0365. The second-order valence-corrected chi connectivity index (χ2v) is 7.74. The molecule has 0 aliphatic carbocycles. The molecule has 0 aliphatic rings. The van der Waals surface area contributed by atoms with Gasteiger partial charge in [0, 0.05) is 31.5 Å². The van der Waals surface area contributed by atoms with E-state index in [1.165, 1.54) is 11.0 Å². The van der Waals surface area contributed by atoms with Crippen LogP contribution in [0.4, 0.5) is 13.9 Å². The Hall–Kier alpha value is -2.59. The predicted octanol–water partition coefficient (Wildman–Crippen LogP) is 4.86. The Morgan fingerprint density at radius 2 is 2.18 bits per heavy atom. The van der Waals surface area contributed by atoms with Crippen molar-refractivity contribution in [3.05, 3.63) is 65.1 Å². The molecular weight excluding hydrogens is 454 g/mol. The number of imidazole rings is 1. The van der Waals surface area contributed by atoms with Gasteiger partial charge in [-0.1, -0.05) is 11.3 Å². The zero-order chi connectivity index (χ0) is 19.7. The third kappa shape index (κ3) is 3.83. The number of benzene rings is 1. The smallest absolute Gasteiger partial charge is 0.295 e. The van der Waals surface area contributed by atoms with Crippen LogP contribution >= 0.6 is 27.3 Å². The fourth-order valence-corrected chi connectivity index (χ4v) is 4.07. The number of thiazole rings is 1. The highest BCUT2D eigenvalue weighted by Gasteiger charge is 2.24. The summed E-state index contributed by atoms with van der Waals surface area (Å²) in [6.07, 6.45) is 5.79. The molecule has 28 heavy (non-hydrogen) atoms. The number of hydrogen-bond donors (Lipinski definition) is 0. The van der Waals surface area contributed by atoms with Crippen molar-refractivity contribution in [1.29, 1.82) is 0 Å². The molecule has 0 spiro atoms. The van der Waals surface area contributed by atoms with E-state index >= 15 is 0 Å². The molecule has 0 saturated heterocycles. The lowest BCUT2D eigenvalue weighted by Crippen LogP contribution is -2.32. The molecule has 3 aromatic heterocycles. The van der Waals surface area contributed by atoms with Crippen molar-refractivity contribution in [2.24, 2.45) is 0 Å². The molecule has 0 saturated carbocycles. The van der Waals surface area contributed by atoms with Crippen molar-refractivity contribution in [3.63, 3.8) is 0 Å². The summed E-state index contributed by atoms with van der Waals surface area (Å²) in [6, 6.07) is 5.14. The first-order valence-corrected chi connectivity index (χ1v) is 9.91. The second kappa shape index (κ2) is 7.80. The minimum Gasteiger partial charge on any atom is -0.444 e. The molecule has 0 atom stereocenters. The van der Waals surface area contributed by atoms with E-state index in [0.29, 0.717) is 28.9 Å². The van der Waals surface area contributed by atoms with Crippen molar-refractivity contribution < 1.29 is 18.0 Å². The molecule has 3 heterocycles. The van der Waals surface area contributed by atoms with Crippen LogP contribution in [0.25, 0.3) is 10.2 Å². The number of furan rings is 1. The third-order valence-corrected chi connectivity index (χ3v) is 5.47. The van der Waals surface area contributed by atoms with E-state index in [4.69, 9.17) is 4.42 Å². The fourth-order valence-electron chi connectivity index (χ4n) is 2.74. The first-order valence-electron chi connectivity index (χ1n) is 8.30. The van der Waals surface area contributed by atoms with E-state index in [9.17, 15) is 13.6 Å². The molecular formula is C18H13BrF2N4O2S. The van der Waals surface area contributed by atoms with Gasteiger partial charge in [0.2, 0.25) is 0 Å². The Morgan fingerprint density at radius 3 is 2.89 bits per heavy atom. The Bertz CT molecular complexity index is 1130. The molecule has 0 unspecified atom stereocenters. The molecule has 0 aliphatic heterocycles. The maximum Gasteiger partial charge on any atom is 0.295 e. The molecule has 1 aromatic carbocycles. The number of halogens is 3. The highest BCUT2D eigenvalue weighted by Crippen LogP contribution is 2.32. The van der Waals surface area contributed by atoms with E-state index in [1.807, 2.05) is 10.8 Å². The molecule has 0 bridgehead atoms. The van der Waals surface area contributed by atoms with Gasteiger partial charge in [0.25, 0.3) is 5.91 Å². The standard InChI is InChI=1S/C18H13BrF2N4O2S/c19-15-3-2-13(27-15)17(26)25(6-1-5-24-7-4-22-10-24)18-23-16-12(21)8-11(20)9-14(16)28-18/h2-4,7-10H,1,5-6H2. The van der Waals surface area contributed by atoms with Gasteiger partial charge in [-0.3, -0.25) is 9.69 Å². The van der Waals surface area contributed by atoms with Gasteiger partial charge in [0.15, 0.2) is 21.4 Å². The number of aryl methyl sites for hydroxylation is 1. The van der Waals surface area contributed by atoms with Gasteiger partial charge in [-0.05, 0) is 40.5 Å². The van der Waals surface area contributed by atoms with Crippen LogP contribution in [0.2, 0.25) is 0 Å². The molecule has 1 amide bonds. The molecule has 4 aromatic rings. The van der Waals surface area contributed by atoms with E-state index in [0.717, 1.165) is 17.4 Å². The van der Waals surface area contributed by atoms with Gasteiger partial charge in [-0.25, -0.2) is 18.7 Å². The number of hydrogen-bond acceptors (Lipinski definition) is 5. The third-order valence-electron chi connectivity index (χ3n) is 4.02. The van der Waals surface area contributed by atoms with Gasteiger partial charge < -0.3 is 8.98 Å². The first kappa shape index (κ1) is 18.8. The summed E-state index contributed by atoms with van der Waals surface area (Å²) in [4.78, 5) is 22.6. The second-order valence-electron chi connectivity index (χ2n) is 5.95. The van der Waals surface area contributed by atoms with Gasteiger partial charge in [0.05, 0.1) is 11.0 Å². The topological polar surface area (TPSA) is 64.2 Å². The Kier molecular flexibility index (Phi) is 5.23. The van der Waals surface area contributed by atoms with Crippen LogP contribution in [-0.2, 0) is 6.54 Å². The van der Waals surface area contributed by atoms with E-state index in [-0.39, 0.29) is 16.4 Å². The number of rotatable bonds is 6. The van der Waals surface area contributed by atoms with E-state index < -0.39 is 17.5 Å². The van der Waals surface area contributed by atoms with E-state index in [1.54, 1.807) is 24.7 Å². The number of fused-ring (bicyclic) bond motifs is 1. The van der Waals surface area contributed by atoms with Crippen molar-refractivity contribution in [1.82, 2.24) is 14.5 Å². The van der Waals surface area contributed by atoms with Crippen LogP contribution in [0.3, 0.4) is 0 Å². The first-order chi connectivity index (χ1) is 13.5. The van der Waals surface area contributed by atoms with Gasteiger partial charge in [0.1, 0.15) is 11.3 Å². The fraction of sp³-hybridized carbons (Fsp3) is 0.167. The number of aromatic nitrogens is 3. The van der Waals surface area contributed by atoms with Gasteiger partial charge in [-0.2, -0.15) is 0 Å². The van der Waals surface area contributed by atoms with Crippen LogP contribution in [0, 0.1) is 11.6 Å². The summed E-state index contributed by atoms with van der Waals surface area (Å²) in [7, 11) is 0. The molecule has 4 rings (SSSR count). The predicted molar refractivity (Wildman–Crippen MR) is 104 cm³/mol. The zero-order valence-corrected chi connectivity index (χ0v) is 16.7. The average molecular weight is 467 g/mol. The molecule has 0 radical (unpaired) electrons. The monoisotopic (exact) mass is 466 g/mol. The van der Waals surface area contributed by atoms with Crippen molar-refractivity contribution in [2.45, 2.75) is 13.0 Å². The van der Waals surface area contributed by atoms with Crippen molar-refractivity contribution in [2.75, 3.05) is 11.4 Å². The molecule has 6 nitrogen and oxygen atoms in total. The maximum atomic E-state index is 14.1. The molecule has 10 heteroatoms. The maximum absolute atomic E-state index is 14.1. The Labute approximate surface area is 170 Å². The number of carbonyl (C=O) groups excluding carboxylic acids is 1. The van der Waals surface area contributed by atoms with Crippen LogP contribution in [0.1, 0.15) is 17.0 Å². The van der Waals surface area contributed by atoms with Crippen molar-refractivity contribution >= 4 is 48.5 Å². The summed E-state index contributed by atoms with van der Waals surface area (Å²) in [5.74, 6) is -1.73. The summed E-state index contributed by atoms with van der Waals surface area (Å²) in [6.45, 7) is 0.957. The Morgan fingerprint density at radius 1 is 1.32 bits per heavy atom. The van der Waals surface area contributed by atoms with Crippen LogP contribution in [0.15, 0.2) is 52.1 Å². The highest BCUT2D eigenvalue weighted by molar-refractivity contribution is 9.10. The molecule has 0 N–H and O–H groups in total. The normalized spacial score (nSPS) is 11.2. The minimum absolute atomic E-state index is 0.0365. The van der Waals surface area contributed by atoms with Gasteiger partial charge in [-0.15, -0.1) is 0 Å². The summed E-state index contributed by atoms with van der Waals surface area (Å²) in [5, 5.41) is 0.280. The number of amides is 1. The zero-order valence-electron chi connectivity index (χ0n) is 14.3. The lowest BCUT2D eigenvalue weighted by molar-refractivity contribution is 0.0958. The molecule has 144 valence electrons. The summed E-state index contributed by atoms with van der Waals surface area (Å²) < 4.78 is 35.6. The summed E-state index contributed by atoms with van der Waals surface area (Å²) >= 11 is 4.23. The number of anilines is 1. The SMILES string of the molecule is O=C(c1ccc(Br)o1)N(CCCn1ccnc1)c1nc2c(F)cc(F)cc2s1. The largest absolute Gasteiger partial charge is 0.444 e. The number of nitrogens with zero attached hydrogens (tertiary/aromatic N) is 4. The lowest BCUT2D eigenvalue weighted by atomic mass is 10.3. The van der Waals surface area contributed by atoms with Crippen LogP contribution in [0.5, 0.6) is 0 Å². The highest BCUT2D eigenvalue weighted by atomic mass is 79.9. The lowest BCUT2D eigenvalue weighted by Gasteiger charge is -2.18. The van der Waals surface area contributed by atoms with Gasteiger partial charge >= 0.3 is 0 Å². The van der Waals surface area contributed by atoms with E-state index in [2.05, 4.69) is 25.9 Å². The van der Waals surface area contributed by atoms with Crippen LogP contribution < -0.4 is 4.90 Å². The molecule has 0 fully saturated rings. The minimum atomic E-state index is -0.760. The Balaban J connectivity index is 1.65.